The van der Waals surface area contributed by atoms with Gasteiger partial charge in [0.2, 0.25) is 0 Å². The number of carbonyl (C=O) groups is 2. The zero-order valence-corrected chi connectivity index (χ0v) is 18.4. The van der Waals surface area contributed by atoms with Crippen molar-refractivity contribution in [2.75, 3.05) is 38.3 Å². The summed E-state index contributed by atoms with van der Waals surface area (Å²) in [5, 5.41) is 6.60. The van der Waals surface area contributed by atoms with Gasteiger partial charge in [0.1, 0.15) is 11.9 Å². The largest absolute Gasteiger partial charge is 0.446 e. The summed E-state index contributed by atoms with van der Waals surface area (Å²) >= 11 is 0.849. The van der Waals surface area contributed by atoms with E-state index >= 15 is 0 Å². The summed E-state index contributed by atoms with van der Waals surface area (Å²) in [6, 6.07) is 1.03. The number of aromatic nitrogens is 1. The van der Waals surface area contributed by atoms with E-state index in [0.717, 1.165) is 17.4 Å². The minimum absolute atomic E-state index is 0.0351. The molecule has 0 bridgehead atoms. The van der Waals surface area contributed by atoms with Crippen LogP contribution in [0, 0.1) is 0 Å². The number of anilines is 1. The minimum atomic E-state index is -4.58. The number of piperidine rings is 1. The topological polar surface area (TPSA) is 92.8 Å². The van der Waals surface area contributed by atoms with Gasteiger partial charge in [-0.25, -0.2) is 9.78 Å². The highest BCUT2D eigenvalue weighted by Gasteiger charge is 2.37. The number of nitrogens with zero attached hydrogens (tertiary/aromatic N) is 2. The Morgan fingerprint density at radius 3 is 2.56 bits per heavy atom. The number of alkyl carbamates (subject to hydrolysis) is 1. The Labute approximate surface area is 186 Å². The molecular weight excluding hydrogens is 449 g/mol. The molecule has 2 amide bonds. The van der Waals surface area contributed by atoms with Crippen molar-refractivity contribution in [1.82, 2.24) is 15.6 Å². The highest BCUT2D eigenvalue weighted by molar-refractivity contribution is 7.17. The molecular formula is C20H23F3N4O4S. The number of hydrogen-bond acceptors (Lipinski definition) is 7. The first kappa shape index (κ1) is 22.6. The predicted octanol–water partition coefficient (Wildman–Crippen LogP) is 3.16. The maximum atomic E-state index is 13.7. The maximum Gasteiger partial charge on any atom is 0.417 e. The molecule has 4 rings (SSSR count). The van der Waals surface area contributed by atoms with Crippen molar-refractivity contribution in [1.29, 1.82) is 0 Å². The predicted molar refractivity (Wildman–Crippen MR) is 112 cm³/mol. The summed E-state index contributed by atoms with van der Waals surface area (Å²) in [5.41, 5.74) is -1.09. The van der Waals surface area contributed by atoms with Crippen LogP contribution in [0.1, 0.15) is 35.7 Å². The number of carbonyl (C=O) groups excluding carboxylic acids is 2. The Bertz CT molecular complexity index is 1030. The van der Waals surface area contributed by atoms with Gasteiger partial charge in [0, 0.05) is 38.4 Å². The third-order valence-electron chi connectivity index (χ3n) is 5.57. The van der Waals surface area contributed by atoms with Crippen molar-refractivity contribution in [3.05, 3.63) is 22.6 Å². The van der Waals surface area contributed by atoms with E-state index in [-0.39, 0.29) is 27.7 Å². The number of alkyl halides is 3. The second-order valence-corrected chi connectivity index (χ2v) is 9.08. The fourth-order valence-electron chi connectivity index (χ4n) is 3.77. The molecule has 0 spiro atoms. The van der Waals surface area contributed by atoms with Crippen LogP contribution in [0.15, 0.2) is 11.4 Å². The lowest BCUT2D eigenvalue weighted by molar-refractivity contribution is -0.136. The van der Waals surface area contributed by atoms with Gasteiger partial charge in [-0.15, -0.1) is 11.3 Å². The van der Waals surface area contributed by atoms with Gasteiger partial charge in [-0.05, 0) is 13.0 Å². The molecule has 0 radical (unpaired) electrons. The number of thiophene rings is 1. The summed E-state index contributed by atoms with van der Waals surface area (Å²) in [7, 11) is 1.42. The average Bonchev–Trinajstić information content (AvgIpc) is 3.15. The molecule has 2 aromatic heterocycles. The summed E-state index contributed by atoms with van der Waals surface area (Å²) in [5.74, 6) is -0.340. The lowest BCUT2D eigenvalue weighted by atomic mass is 10.0. The molecule has 0 saturated carbocycles. The summed E-state index contributed by atoms with van der Waals surface area (Å²) in [6.07, 6.45) is -4.55. The molecule has 2 fully saturated rings. The zero-order valence-electron chi connectivity index (χ0n) is 17.5. The standard InChI is InChI=1S/C20H23F3N4O4S/c1-19(9-30-10-19)26-18(29)31-11-3-5-27(6-4-11)14-7-13(20(21,22)23)16-15(25-14)12(8-32-16)17(28)24-2/h7-8,11H,3-6,9-10H2,1-2H3,(H,24,28)(H,26,29). The number of nitrogens with one attached hydrogen (secondary N) is 2. The Kier molecular flexibility index (Phi) is 5.93. The molecule has 2 aliphatic heterocycles. The van der Waals surface area contributed by atoms with Gasteiger partial charge in [0.25, 0.3) is 5.91 Å². The summed E-state index contributed by atoms with van der Waals surface area (Å²) < 4.78 is 51.6. The van der Waals surface area contributed by atoms with Crippen LogP contribution in [0.2, 0.25) is 0 Å². The second kappa shape index (κ2) is 8.39. The molecule has 174 valence electrons. The molecule has 4 heterocycles. The number of fused-ring (bicyclic) bond motifs is 1. The van der Waals surface area contributed by atoms with Gasteiger partial charge in [-0.1, -0.05) is 0 Å². The average molecular weight is 472 g/mol. The quantitative estimate of drug-likeness (QED) is 0.710. The zero-order chi connectivity index (χ0) is 23.1. The molecule has 2 saturated heterocycles. The maximum absolute atomic E-state index is 13.7. The number of hydrogen-bond donors (Lipinski definition) is 2. The first-order valence-corrected chi connectivity index (χ1v) is 11.0. The summed E-state index contributed by atoms with van der Waals surface area (Å²) in [6.45, 7) is 3.45. The molecule has 2 N–H and O–H groups in total. The van der Waals surface area contributed by atoms with Crippen LogP contribution in [-0.4, -0.2) is 62.0 Å². The van der Waals surface area contributed by atoms with Crippen LogP contribution in [-0.2, 0) is 15.7 Å². The lowest BCUT2D eigenvalue weighted by Crippen LogP contribution is -2.60. The van der Waals surface area contributed by atoms with Crippen LogP contribution in [0.4, 0.5) is 23.8 Å². The van der Waals surface area contributed by atoms with Crippen molar-refractivity contribution in [2.45, 2.75) is 37.6 Å². The SMILES string of the molecule is CNC(=O)c1csc2c(C(F)(F)F)cc(N3CCC(OC(=O)NC4(C)COC4)CC3)nc12. The van der Waals surface area contributed by atoms with Crippen LogP contribution in [0.5, 0.6) is 0 Å². The van der Waals surface area contributed by atoms with Crippen LogP contribution >= 0.6 is 11.3 Å². The van der Waals surface area contributed by atoms with Gasteiger partial charge in [-0.2, -0.15) is 13.2 Å². The number of pyridine rings is 1. The molecule has 12 heteroatoms. The third kappa shape index (κ3) is 4.46. The molecule has 8 nitrogen and oxygen atoms in total. The highest BCUT2D eigenvalue weighted by atomic mass is 32.1. The van der Waals surface area contributed by atoms with Crippen LogP contribution < -0.4 is 15.5 Å². The second-order valence-electron chi connectivity index (χ2n) is 8.20. The third-order valence-corrected chi connectivity index (χ3v) is 6.57. The van der Waals surface area contributed by atoms with E-state index in [9.17, 15) is 22.8 Å². The number of amides is 2. The smallest absolute Gasteiger partial charge is 0.417 e. The fraction of sp³-hybridized carbons (Fsp3) is 0.550. The van der Waals surface area contributed by atoms with Crippen molar-refractivity contribution in [3.63, 3.8) is 0 Å². The molecule has 0 aliphatic carbocycles. The molecule has 0 unspecified atom stereocenters. The lowest BCUT2D eigenvalue weighted by Gasteiger charge is -2.39. The Morgan fingerprint density at radius 1 is 1.31 bits per heavy atom. The van der Waals surface area contributed by atoms with E-state index in [1.54, 1.807) is 4.90 Å². The van der Waals surface area contributed by atoms with Crippen LogP contribution in [0.3, 0.4) is 0 Å². The van der Waals surface area contributed by atoms with Gasteiger partial charge >= 0.3 is 12.3 Å². The van der Waals surface area contributed by atoms with Gasteiger partial charge in [0.15, 0.2) is 0 Å². The monoisotopic (exact) mass is 472 g/mol. The molecule has 32 heavy (non-hydrogen) atoms. The molecule has 2 aromatic rings. The number of halogens is 3. The van der Waals surface area contributed by atoms with Crippen molar-refractivity contribution in [2.24, 2.45) is 0 Å². The van der Waals surface area contributed by atoms with E-state index in [1.807, 2.05) is 6.92 Å². The van der Waals surface area contributed by atoms with E-state index in [4.69, 9.17) is 9.47 Å². The van der Waals surface area contributed by atoms with Crippen LogP contribution in [0.25, 0.3) is 10.2 Å². The number of ether oxygens (including phenoxy) is 2. The first-order valence-electron chi connectivity index (χ1n) is 10.1. The van der Waals surface area contributed by atoms with Crippen molar-refractivity contribution < 1.29 is 32.2 Å². The van der Waals surface area contributed by atoms with Gasteiger partial charge in [-0.3, -0.25) is 4.79 Å². The minimum Gasteiger partial charge on any atom is -0.446 e. The van der Waals surface area contributed by atoms with Gasteiger partial charge in [0.05, 0.1) is 40.1 Å². The Balaban J connectivity index is 1.50. The highest BCUT2D eigenvalue weighted by Crippen LogP contribution is 2.40. The normalized spacial score (nSPS) is 18.8. The van der Waals surface area contributed by atoms with E-state index in [0.29, 0.717) is 39.1 Å². The summed E-state index contributed by atoms with van der Waals surface area (Å²) in [4.78, 5) is 30.3. The van der Waals surface area contributed by atoms with Crippen molar-refractivity contribution in [3.8, 4) is 0 Å². The molecule has 2 aliphatic rings. The number of rotatable bonds is 4. The van der Waals surface area contributed by atoms with E-state index < -0.39 is 29.3 Å². The Morgan fingerprint density at radius 2 is 2.00 bits per heavy atom. The molecule has 0 atom stereocenters. The Hall–Kier alpha value is -2.60. The van der Waals surface area contributed by atoms with E-state index in [2.05, 4.69) is 15.6 Å². The fourth-order valence-corrected chi connectivity index (χ4v) is 4.80. The first-order chi connectivity index (χ1) is 15.1. The molecule has 0 aromatic carbocycles. The van der Waals surface area contributed by atoms with Gasteiger partial charge < -0.3 is 25.0 Å². The van der Waals surface area contributed by atoms with Crippen molar-refractivity contribution >= 4 is 39.4 Å². The van der Waals surface area contributed by atoms with E-state index in [1.165, 1.54) is 12.4 Å².